The van der Waals surface area contributed by atoms with Gasteiger partial charge in [0.15, 0.2) is 0 Å². The van der Waals surface area contributed by atoms with E-state index in [0.29, 0.717) is 0 Å². The molecule has 0 radical (unpaired) electrons. The standard InChI is InChI=1S/C25H27F5N2O2S/c1-3-35(34)31-22-20(32(14-25(22,29)30)23(33)17-12-24(2,28)13-17)11-16-7-5-9-19(21(16)27)15-6-4-8-18(26)10-15/h4-10,17,20,22,31H,3,11-14H2,1-2H3/t17?,20-,22?,24?,35?/m0/s1. The van der Waals surface area contributed by atoms with Gasteiger partial charge in [-0.05, 0) is 56.4 Å². The number of nitrogens with zero attached hydrogens (tertiary/aromatic N) is 1. The Morgan fingerprint density at radius 3 is 2.49 bits per heavy atom. The molecule has 10 heteroatoms. The monoisotopic (exact) mass is 514 g/mol. The van der Waals surface area contributed by atoms with Crippen molar-refractivity contribution in [2.45, 2.75) is 56.8 Å². The van der Waals surface area contributed by atoms with Crippen LogP contribution in [0.1, 0.15) is 32.3 Å². The van der Waals surface area contributed by atoms with E-state index < -0.39 is 65.0 Å². The summed E-state index contributed by atoms with van der Waals surface area (Å²) in [6, 6.07) is 6.88. The van der Waals surface area contributed by atoms with E-state index in [9.17, 15) is 18.1 Å². The third kappa shape index (κ3) is 5.34. The summed E-state index contributed by atoms with van der Waals surface area (Å²) in [6.07, 6.45) is -0.416. The first-order valence-corrected chi connectivity index (χ1v) is 12.8. The summed E-state index contributed by atoms with van der Waals surface area (Å²) in [5, 5.41) is 0. The highest BCUT2D eigenvalue weighted by Gasteiger charge is 2.59. The van der Waals surface area contributed by atoms with Crippen LogP contribution in [0.2, 0.25) is 0 Å². The van der Waals surface area contributed by atoms with Crippen LogP contribution >= 0.6 is 0 Å². The molecule has 190 valence electrons. The maximum atomic E-state index is 15.5. The van der Waals surface area contributed by atoms with Crippen LogP contribution in [-0.4, -0.2) is 51.3 Å². The zero-order chi connectivity index (χ0) is 25.5. The summed E-state index contributed by atoms with van der Waals surface area (Å²) in [5.41, 5.74) is -1.08. The second kappa shape index (κ2) is 9.71. The van der Waals surface area contributed by atoms with Crippen molar-refractivity contribution in [3.8, 4) is 11.1 Å². The van der Waals surface area contributed by atoms with Crippen LogP contribution in [0.25, 0.3) is 11.1 Å². The normalized spacial score (nSPS) is 28.6. The number of nitrogens with one attached hydrogen (secondary N) is 1. The topological polar surface area (TPSA) is 55.4 Å². The number of benzene rings is 2. The van der Waals surface area contributed by atoms with Gasteiger partial charge in [-0.2, -0.15) is 0 Å². The molecule has 4 nitrogen and oxygen atoms in total. The van der Waals surface area contributed by atoms with Gasteiger partial charge >= 0.3 is 0 Å². The molecule has 0 spiro atoms. The van der Waals surface area contributed by atoms with Crippen molar-refractivity contribution in [1.82, 2.24) is 9.62 Å². The zero-order valence-corrected chi connectivity index (χ0v) is 20.2. The molecule has 3 atom stereocenters. The average Bonchev–Trinajstić information content (AvgIpc) is 3.02. The van der Waals surface area contributed by atoms with Gasteiger partial charge in [-0.1, -0.05) is 30.3 Å². The lowest BCUT2D eigenvalue weighted by atomic mass is 9.72. The van der Waals surface area contributed by atoms with Crippen molar-refractivity contribution in [1.29, 1.82) is 0 Å². The maximum Gasteiger partial charge on any atom is 0.286 e. The number of carbonyl (C=O) groups excluding carboxylic acids is 1. The van der Waals surface area contributed by atoms with Gasteiger partial charge in [-0.3, -0.25) is 4.79 Å². The molecule has 2 unspecified atom stereocenters. The van der Waals surface area contributed by atoms with E-state index in [4.69, 9.17) is 0 Å². The number of likely N-dealkylation sites (tertiary alicyclic amines) is 1. The van der Waals surface area contributed by atoms with E-state index in [1.807, 2.05) is 0 Å². The summed E-state index contributed by atoms with van der Waals surface area (Å²) >= 11 is -1.79. The molecule has 1 amide bonds. The van der Waals surface area contributed by atoms with Crippen LogP contribution in [0, 0.1) is 17.6 Å². The van der Waals surface area contributed by atoms with Gasteiger partial charge in [0.05, 0.1) is 12.6 Å². The summed E-state index contributed by atoms with van der Waals surface area (Å²) in [6.45, 7) is 1.99. The Labute approximate surface area is 204 Å². The third-order valence-electron chi connectivity index (χ3n) is 6.76. The maximum absolute atomic E-state index is 15.5. The average molecular weight is 515 g/mol. The molecule has 35 heavy (non-hydrogen) atoms. The zero-order valence-electron chi connectivity index (χ0n) is 19.4. The summed E-state index contributed by atoms with van der Waals surface area (Å²) in [4.78, 5) is 14.1. The van der Waals surface area contributed by atoms with E-state index in [1.165, 1.54) is 49.4 Å². The predicted molar refractivity (Wildman–Crippen MR) is 124 cm³/mol. The highest BCUT2D eigenvalue weighted by atomic mass is 32.2. The molecular weight excluding hydrogens is 487 g/mol. The summed E-state index contributed by atoms with van der Waals surface area (Å²) in [5.74, 6) is -5.97. The Morgan fingerprint density at radius 1 is 1.17 bits per heavy atom. The summed E-state index contributed by atoms with van der Waals surface area (Å²) in [7, 11) is 0. The van der Waals surface area contributed by atoms with E-state index in [1.54, 1.807) is 6.92 Å². The van der Waals surface area contributed by atoms with Crippen LogP contribution in [0.3, 0.4) is 0 Å². The van der Waals surface area contributed by atoms with E-state index in [-0.39, 0.29) is 41.7 Å². The molecule has 1 saturated carbocycles. The number of hydrogen-bond acceptors (Lipinski definition) is 3. The molecule has 1 aliphatic carbocycles. The highest BCUT2D eigenvalue weighted by molar-refractivity contribution is 7.89. The Kier molecular flexibility index (Phi) is 7.19. The SMILES string of the molecule is CC[S+]([O-])NC1[C@H](Cc2cccc(-c3cccc(F)c3)c2F)N(C(=O)C2CC(C)(F)C2)CC1(F)F. The molecule has 1 N–H and O–H groups in total. The van der Waals surface area contributed by atoms with Gasteiger partial charge < -0.3 is 9.45 Å². The number of rotatable bonds is 7. The molecule has 1 aliphatic heterocycles. The number of halogens is 5. The third-order valence-corrected chi connectivity index (χ3v) is 7.80. The minimum atomic E-state index is -3.43. The molecule has 2 aromatic rings. The Bertz CT molecular complexity index is 1090. The quantitative estimate of drug-likeness (QED) is 0.427. The first kappa shape index (κ1) is 25.9. The number of amides is 1. The van der Waals surface area contributed by atoms with Crippen molar-refractivity contribution in [3.63, 3.8) is 0 Å². The van der Waals surface area contributed by atoms with Gasteiger partial charge in [0.25, 0.3) is 5.92 Å². The number of carbonyl (C=O) groups is 1. The van der Waals surface area contributed by atoms with Crippen LogP contribution < -0.4 is 4.72 Å². The van der Waals surface area contributed by atoms with E-state index in [0.717, 1.165) is 4.90 Å². The molecular formula is C25H27F5N2O2S. The van der Waals surface area contributed by atoms with Crippen molar-refractivity contribution in [2.75, 3.05) is 12.3 Å². The molecule has 1 heterocycles. The lowest BCUT2D eigenvalue weighted by molar-refractivity contribution is -0.146. The first-order chi connectivity index (χ1) is 16.4. The van der Waals surface area contributed by atoms with Crippen molar-refractivity contribution in [3.05, 3.63) is 59.7 Å². The van der Waals surface area contributed by atoms with Gasteiger partial charge in [0, 0.05) is 22.8 Å². The minimum absolute atomic E-state index is 0.0604. The largest absolute Gasteiger partial charge is 0.598 e. The Morgan fingerprint density at radius 2 is 1.86 bits per heavy atom. The second-order valence-electron chi connectivity index (χ2n) is 9.54. The van der Waals surface area contributed by atoms with Gasteiger partial charge in [0.2, 0.25) is 5.91 Å². The molecule has 2 aromatic carbocycles. The number of hydrogen-bond donors (Lipinski definition) is 1. The Balaban J connectivity index is 1.68. The molecule has 2 fully saturated rings. The molecule has 2 aliphatic rings. The van der Waals surface area contributed by atoms with Crippen molar-refractivity contribution in [2.24, 2.45) is 5.92 Å². The smallest absolute Gasteiger partial charge is 0.286 e. The predicted octanol–water partition coefficient (Wildman–Crippen LogP) is 4.80. The number of alkyl halides is 3. The van der Waals surface area contributed by atoms with Gasteiger partial charge in [-0.25, -0.2) is 22.0 Å². The molecule has 0 bridgehead atoms. The minimum Gasteiger partial charge on any atom is -0.598 e. The van der Waals surface area contributed by atoms with Crippen LogP contribution in [0.5, 0.6) is 0 Å². The fraction of sp³-hybridized carbons (Fsp3) is 0.480. The van der Waals surface area contributed by atoms with E-state index >= 15 is 13.2 Å². The Hall–Kier alpha value is -2.17. The fourth-order valence-electron chi connectivity index (χ4n) is 4.98. The first-order valence-electron chi connectivity index (χ1n) is 11.5. The van der Waals surface area contributed by atoms with Crippen molar-refractivity contribution >= 4 is 17.3 Å². The fourth-order valence-corrected chi connectivity index (χ4v) is 5.76. The van der Waals surface area contributed by atoms with Crippen LogP contribution in [-0.2, 0) is 22.6 Å². The molecule has 0 aromatic heterocycles. The molecule has 4 rings (SSSR count). The lowest BCUT2D eigenvalue weighted by Gasteiger charge is -2.40. The highest BCUT2D eigenvalue weighted by Crippen LogP contribution is 2.44. The van der Waals surface area contributed by atoms with Crippen LogP contribution in [0.4, 0.5) is 22.0 Å². The lowest BCUT2D eigenvalue weighted by Crippen LogP contribution is -2.54. The second-order valence-corrected chi connectivity index (χ2v) is 11.0. The van der Waals surface area contributed by atoms with Crippen molar-refractivity contribution < 1.29 is 31.3 Å². The van der Waals surface area contributed by atoms with Gasteiger partial charge in [-0.15, -0.1) is 4.72 Å². The molecule has 1 saturated heterocycles. The summed E-state index contributed by atoms with van der Waals surface area (Å²) < 4.78 is 88.0. The van der Waals surface area contributed by atoms with Crippen LogP contribution in [0.15, 0.2) is 42.5 Å². The van der Waals surface area contributed by atoms with E-state index in [2.05, 4.69) is 4.72 Å². The van der Waals surface area contributed by atoms with Gasteiger partial charge in [0.1, 0.15) is 29.1 Å².